The third-order valence-corrected chi connectivity index (χ3v) is 6.22. The summed E-state index contributed by atoms with van der Waals surface area (Å²) in [4.78, 5) is 58.2. The maximum Gasteiger partial charge on any atom is 0.277 e. The number of amides is 4. The van der Waals surface area contributed by atoms with Crippen molar-refractivity contribution in [2.75, 3.05) is 39.3 Å². The lowest BCUT2D eigenvalue weighted by Crippen LogP contribution is -2.51. The molecule has 186 valence electrons. The zero-order valence-corrected chi connectivity index (χ0v) is 20.8. The van der Waals surface area contributed by atoms with Crippen LogP contribution in [0, 0.1) is 5.92 Å². The van der Waals surface area contributed by atoms with Crippen LogP contribution in [-0.2, 0) is 25.7 Å². The Balaban J connectivity index is 1.63. The molecule has 4 amide bonds. The van der Waals surface area contributed by atoms with Crippen molar-refractivity contribution in [3.63, 3.8) is 0 Å². The average molecular weight is 473 g/mol. The molecule has 34 heavy (non-hydrogen) atoms. The molecule has 2 aliphatic rings. The van der Waals surface area contributed by atoms with Crippen molar-refractivity contribution in [2.24, 2.45) is 5.92 Å². The van der Waals surface area contributed by atoms with Crippen LogP contribution in [0.3, 0.4) is 0 Å². The molecule has 10 nitrogen and oxygen atoms in total. The Morgan fingerprint density at radius 3 is 2.35 bits per heavy atom. The Morgan fingerprint density at radius 1 is 1.09 bits per heavy atom. The molecule has 0 unspecified atom stereocenters. The second-order valence-electron chi connectivity index (χ2n) is 9.55. The number of carbonyl (C=O) groups is 4. The van der Waals surface area contributed by atoms with E-state index in [1.165, 1.54) is 6.92 Å². The molecule has 0 saturated carbocycles. The molecule has 1 N–H and O–H groups in total. The van der Waals surface area contributed by atoms with Gasteiger partial charge in [-0.2, -0.15) is 0 Å². The van der Waals surface area contributed by atoms with Gasteiger partial charge in [0.05, 0.1) is 12.0 Å². The van der Waals surface area contributed by atoms with E-state index in [9.17, 15) is 19.2 Å². The van der Waals surface area contributed by atoms with Crippen molar-refractivity contribution in [1.29, 1.82) is 0 Å². The van der Waals surface area contributed by atoms with Gasteiger partial charge < -0.3 is 14.8 Å². The fraction of sp³-hybridized carbons (Fsp3) is 0.625. The van der Waals surface area contributed by atoms with Crippen molar-refractivity contribution < 1.29 is 19.2 Å². The first-order chi connectivity index (χ1) is 16.1. The van der Waals surface area contributed by atoms with Gasteiger partial charge in [-0.15, -0.1) is 0 Å². The molecular formula is C24H36N6O4. The lowest BCUT2D eigenvalue weighted by Gasteiger charge is -2.35. The van der Waals surface area contributed by atoms with E-state index in [1.807, 2.05) is 18.7 Å². The van der Waals surface area contributed by atoms with Gasteiger partial charge in [-0.25, -0.2) is 4.98 Å². The molecule has 0 atom stereocenters. The van der Waals surface area contributed by atoms with Gasteiger partial charge >= 0.3 is 0 Å². The lowest BCUT2D eigenvalue weighted by molar-refractivity contribution is -0.147. The van der Waals surface area contributed by atoms with E-state index in [0.29, 0.717) is 5.69 Å². The van der Waals surface area contributed by atoms with Crippen LogP contribution in [-0.4, -0.2) is 87.1 Å². The summed E-state index contributed by atoms with van der Waals surface area (Å²) >= 11 is 0. The highest BCUT2D eigenvalue weighted by molar-refractivity contribution is 6.12. The Labute approximate surface area is 201 Å². The van der Waals surface area contributed by atoms with Crippen molar-refractivity contribution >= 4 is 29.7 Å². The standard InChI is InChI=1S/C24H36N6O4/c1-16(2)22-19(13-20-24(34)30(18(5)31)14-21(32)26-20)25-15-29(22)8-6-7-27-9-11-28(12-10-27)23(33)17(3)4/h13,15-17H,6-12,14H2,1-5H3,(H,26,32)/b20-13-. The van der Waals surface area contributed by atoms with Gasteiger partial charge in [-0.1, -0.05) is 27.7 Å². The molecule has 0 aliphatic carbocycles. The van der Waals surface area contributed by atoms with Gasteiger partial charge in [0.2, 0.25) is 17.7 Å². The zero-order chi connectivity index (χ0) is 25.0. The van der Waals surface area contributed by atoms with Crippen LogP contribution in [0.2, 0.25) is 0 Å². The Hall–Kier alpha value is -3.01. The van der Waals surface area contributed by atoms with E-state index in [4.69, 9.17) is 0 Å². The maximum atomic E-state index is 12.6. The summed E-state index contributed by atoms with van der Waals surface area (Å²) in [7, 11) is 0. The molecule has 0 spiro atoms. The average Bonchev–Trinajstić information content (AvgIpc) is 3.18. The van der Waals surface area contributed by atoms with E-state index in [-0.39, 0.29) is 30.0 Å². The van der Waals surface area contributed by atoms with Crippen LogP contribution in [0.5, 0.6) is 0 Å². The quantitative estimate of drug-likeness (QED) is 0.594. The summed E-state index contributed by atoms with van der Waals surface area (Å²) in [6.45, 7) is 14.0. The molecular weight excluding hydrogens is 436 g/mol. The van der Waals surface area contributed by atoms with Crippen LogP contribution in [0.1, 0.15) is 58.3 Å². The molecule has 3 rings (SSSR count). The van der Waals surface area contributed by atoms with Crippen LogP contribution < -0.4 is 5.32 Å². The molecule has 1 aromatic heterocycles. The largest absolute Gasteiger partial charge is 0.340 e. The third kappa shape index (κ3) is 5.91. The van der Waals surface area contributed by atoms with Gasteiger partial charge in [0, 0.05) is 51.3 Å². The fourth-order valence-electron chi connectivity index (χ4n) is 4.44. The highest BCUT2D eigenvalue weighted by atomic mass is 16.2. The number of imide groups is 1. The molecule has 0 bridgehead atoms. The molecule has 2 saturated heterocycles. The normalized spacial score (nSPS) is 18.9. The minimum absolute atomic E-state index is 0.0363. The molecule has 2 fully saturated rings. The summed E-state index contributed by atoms with van der Waals surface area (Å²) in [5, 5.41) is 2.57. The van der Waals surface area contributed by atoms with E-state index in [1.54, 1.807) is 12.4 Å². The first-order valence-corrected chi connectivity index (χ1v) is 12.0. The Kier molecular flexibility index (Phi) is 8.24. The lowest BCUT2D eigenvalue weighted by atomic mass is 10.1. The van der Waals surface area contributed by atoms with Crippen molar-refractivity contribution in [2.45, 2.75) is 53.5 Å². The monoisotopic (exact) mass is 472 g/mol. The minimum Gasteiger partial charge on any atom is -0.340 e. The van der Waals surface area contributed by atoms with Gasteiger partial charge in [0.1, 0.15) is 12.2 Å². The number of carbonyl (C=O) groups excluding carboxylic acids is 4. The number of nitrogens with one attached hydrogen (secondary N) is 1. The van der Waals surface area contributed by atoms with Crippen molar-refractivity contribution in [1.82, 2.24) is 29.6 Å². The van der Waals surface area contributed by atoms with Gasteiger partial charge in [0.25, 0.3) is 5.91 Å². The van der Waals surface area contributed by atoms with Crippen molar-refractivity contribution in [3.8, 4) is 0 Å². The first-order valence-electron chi connectivity index (χ1n) is 12.0. The van der Waals surface area contributed by atoms with E-state index >= 15 is 0 Å². The number of hydrogen-bond acceptors (Lipinski definition) is 6. The maximum absolute atomic E-state index is 12.6. The first kappa shape index (κ1) is 25.6. The van der Waals surface area contributed by atoms with Gasteiger partial charge in [-0.05, 0) is 25.0 Å². The summed E-state index contributed by atoms with van der Waals surface area (Å²) in [5.41, 5.74) is 1.65. The third-order valence-electron chi connectivity index (χ3n) is 6.22. The number of hydrogen-bond donors (Lipinski definition) is 1. The van der Waals surface area contributed by atoms with Crippen LogP contribution >= 0.6 is 0 Å². The summed E-state index contributed by atoms with van der Waals surface area (Å²) < 4.78 is 2.09. The van der Waals surface area contributed by atoms with Gasteiger partial charge in [-0.3, -0.25) is 29.0 Å². The summed E-state index contributed by atoms with van der Waals surface area (Å²) in [5.74, 6) is -0.976. The second-order valence-corrected chi connectivity index (χ2v) is 9.55. The molecule has 10 heteroatoms. The highest BCUT2D eigenvalue weighted by Crippen LogP contribution is 2.22. The molecule has 3 heterocycles. The second kappa shape index (κ2) is 10.9. The number of rotatable bonds is 7. The Morgan fingerprint density at radius 2 is 1.76 bits per heavy atom. The number of imidazole rings is 1. The fourth-order valence-corrected chi connectivity index (χ4v) is 4.44. The SMILES string of the molecule is CC(=O)N1CC(=O)N/C(=C\c2ncn(CCCN3CCN(C(=O)C(C)C)CC3)c2C(C)C)C1=O. The van der Waals surface area contributed by atoms with Crippen LogP contribution in [0.4, 0.5) is 0 Å². The molecule has 2 aliphatic heterocycles. The van der Waals surface area contributed by atoms with E-state index in [2.05, 4.69) is 33.6 Å². The number of nitrogens with zero attached hydrogens (tertiary/aromatic N) is 5. The van der Waals surface area contributed by atoms with E-state index in [0.717, 1.165) is 56.3 Å². The topological polar surface area (TPSA) is 108 Å². The minimum atomic E-state index is -0.522. The van der Waals surface area contributed by atoms with Gasteiger partial charge in [0.15, 0.2) is 0 Å². The van der Waals surface area contributed by atoms with Crippen LogP contribution in [0.15, 0.2) is 12.0 Å². The number of piperazine rings is 2. The molecule has 0 aromatic carbocycles. The predicted octanol–water partition coefficient (Wildman–Crippen LogP) is 1.04. The van der Waals surface area contributed by atoms with Crippen LogP contribution in [0.25, 0.3) is 6.08 Å². The summed E-state index contributed by atoms with van der Waals surface area (Å²) in [6.07, 6.45) is 4.25. The summed E-state index contributed by atoms with van der Waals surface area (Å²) in [6, 6.07) is 0. The molecule has 1 aromatic rings. The van der Waals surface area contributed by atoms with E-state index < -0.39 is 17.7 Å². The zero-order valence-electron chi connectivity index (χ0n) is 20.8. The highest BCUT2D eigenvalue weighted by Gasteiger charge is 2.31. The Bertz CT molecular complexity index is 972. The smallest absolute Gasteiger partial charge is 0.277 e. The number of aromatic nitrogens is 2. The van der Waals surface area contributed by atoms with Crippen molar-refractivity contribution in [3.05, 3.63) is 23.4 Å². The number of aryl methyl sites for hydroxylation is 1. The predicted molar refractivity (Wildman–Crippen MR) is 127 cm³/mol. The molecule has 0 radical (unpaired) electrons.